The number of fused-ring (bicyclic) bond motifs is 4. The van der Waals surface area contributed by atoms with Gasteiger partial charge < -0.3 is 19.7 Å². The third kappa shape index (κ3) is 3.00. The highest BCUT2D eigenvalue weighted by Crippen LogP contribution is 2.50. The van der Waals surface area contributed by atoms with E-state index in [-0.39, 0.29) is 11.9 Å². The molecular weight excluding hydrogens is 386 g/mol. The zero-order valence-electron chi connectivity index (χ0n) is 17.2. The minimum absolute atomic E-state index is 0.0296. The summed E-state index contributed by atoms with van der Waals surface area (Å²) in [6.45, 7) is 3.97. The van der Waals surface area contributed by atoms with Gasteiger partial charge in [0.05, 0.1) is 13.2 Å². The standard InChI is InChI=1S/C22H25N3O3S/c1-13-6-8-14(9-7-13)25-21(29)23-19-16-12-15(27-5)10-11-17(16)28-22(25,2)18(19)20(26)24(3)4/h6-12,18-19H,1-5H3,(H,23,29)/t18-,19-,22+/m1/s1. The molecule has 2 aromatic rings. The quantitative estimate of drug-likeness (QED) is 0.783. The molecule has 2 bridgehead atoms. The molecule has 3 atom stereocenters. The van der Waals surface area contributed by atoms with Crippen LogP contribution in [-0.4, -0.2) is 42.8 Å². The van der Waals surface area contributed by atoms with Gasteiger partial charge in [0.25, 0.3) is 0 Å². The molecule has 6 nitrogen and oxygen atoms in total. The molecule has 0 aromatic heterocycles. The van der Waals surface area contributed by atoms with E-state index in [2.05, 4.69) is 5.32 Å². The van der Waals surface area contributed by atoms with Crippen molar-refractivity contribution in [2.75, 3.05) is 26.1 Å². The van der Waals surface area contributed by atoms with Gasteiger partial charge in [-0.2, -0.15) is 0 Å². The monoisotopic (exact) mass is 411 g/mol. The van der Waals surface area contributed by atoms with Gasteiger partial charge in [-0.25, -0.2) is 0 Å². The van der Waals surface area contributed by atoms with Crippen molar-refractivity contribution in [2.24, 2.45) is 5.92 Å². The average Bonchev–Trinajstić information content (AvgIpc) is 2.68. The minimum atomic E-state index is -0.981. The molecule has 2 aliphatic heterocycles. The van der Waals surface area contributed by atoms with E-state index in [4.69, 9.17) is 21.7 Å². The molecule has 0 spiro atoms. The Morgan fingerprint density at radius 3 is 2.55 bits per heavy atom. The topological polar surface area (TPSA) is 54.0 Å². The second-order valence-electron chi connectivity index (χ2n) is 7.87. The lowest BCUT2D eigenvalue weighted by atomic mass is 9.78. The summed E-state index contributed by atoms with van der Waals surface area (Å²) in [5, 5.41) is 3.93. The van der Waals surface area contributed by atoms with Crippen LogP contribution in [0.2, 0.25) is 0 Å². The zero-order chi connectivity index (χ0) is 20.9. The SMILES string of the molecule is COc1ccc2c(c1)[C@H]1NC(=S)N(c3ccc(C)cc3)[C@@](C)(O2)[C@H]1C(=O)N(C)C. The average molecular weight is 412 g/mol. The molecule has 1 saturated heterocycles. The number of methoxy groups -OCH3 is 1. The Balaban J connectivity index is 1.90. The van der Waals surface area contributed by atoms with Crippen LogP contribution in [0.15, 0.2) is 42.5 Å². The fraction of sp³-hybridized carbons (Fsp3) is 0.364. The van der Waals surface area contributed by atoms with E-state index in [1.165, 1.54) is 0 Å². The van der Waals surface area contributed by atoms with Crippen LogP contribution >= 0.6 is 12.2 Å². The zero-order valence-corrected chi connectivity index (χ0v) is 18.0. The number of carbonyl (C=O) groups is 1. The summed E-state index contributed by atoms with van der Waals surface area (Å²) < 4.78 is 11.9. The van der Waals surface area contributed by atoms with Crippen LogP contribution in [0.5, 0.6) is 11.5 Å². The molecule has 2 aromatic carbocycles. The maximum absolute atomic E-state index is 13.3. The van der Waals surface area contributed by atoms with Crippen molar-refractivity contribution < 1.29 is 14.3 Å². The Hall–Kier alpha value is -2.80. The van der Waals surface area contributed by atoms with Crippen molar-refractivity contribution >= 4 is 28.9 Å². The lowest BCUT2D eigenvalue weighted by molar-refractivity contribution is -0.144. The molecule has 0 unspecified atom stereocenters. The number of rotatable bonds is 3. The number of nitrogens with zero attached hydrogens (tertiary/aromatic N) is 2. The van der Waals surface area contributed by atoms with Gasteiger partial charge in [0.1, 0.15) is 17.4 Å². The Morgan fingerprint density at radius 1 is 1.24 bits per heavy atom. The van der Waals surface area contributed by atoms with Crippen molar-refractivity contribution in [1.29, 1.82) is 0 Å². The van der Waals surface area contributed by atoms with Gasteiger partial charge in [0.15, 0.2) is 10.8 Å². The second-order valence-corrected chi connectivity index (χ2v) is 8.26. The number of amides is 1. The maximum Gasteiger partial charge on any atom is 0.233 e. The molecule has 152 valence electrons. The van der Waals surface area contributed by atoms with Gasteiger partial charge in [-0.05, 0) is 56.4 Å². The third-order valence-electron chi connectivity index (χ3n) is 5.70. The van der Waals surface area contributed by atoms with Crippen molar-refractivity contribution in [2.45, 2.75) is 25.6 Å². The highest BCUT2D eigenvalue weighted by atomic mass is 32.1. The Labute approximate surface area is 176 Å². The number of hydrogen-bond acceptors (Lipinski definition) is 4. The number of hydrogen-bond donors (Lipinski definition) is 1. The first-order chi connectivity index (χ1) is 13.8. The lowest BCUT2D eigenvalue weighted by Gasteiger charge is -2.56. The van der Waals surface area contributed by atoms with Gasteiger partial charge in [-0.3, -0.25) is 9.69 Å². The number of anilines is 1. The van der Waals surface area contributed by atoms with E-state index < -0.39 is 11.6 Å². The van der Waals surface area contributed by atoms with Crippen LogP contribution in [-0.2, 0) is 4.79 Å². The van der Waals surface area contributed by atoms with E-state index in [9.17, 15) is 4.79 Å². The molecule has 2 aliphatic rings. The molecule has 1 amide bonds. The first kappa shape index (κ1) is 19.5. The normalized spacial score (nSPS) is 24.9. The molecule has 29 heavy (non-hydrogen) atoms. The van der Waals surface area contributed by atoms with Crippen molar-refractivity contribution in [3.63, 3.8) is 0 Å². The van der Waals surface area contributed by atoms with Crippen LogP contribution in [0.1, 0.15) is 24.1 Å². The summed E-state index contributed by atoms with van der Waals surface area (Å²) >= 11 is 5.74. The Kier molecular flexibility index (Phi) is 4.65. The minimum Gasteiger partial charge on any atom is -0.497 e. The smallest absolute Gasteiger partial charge is 0.233 e. The van der Waals surface area contributed by atoms with E-state index in [1.807, 2.05) is 61.2 Å². The first-order valence-electron chi connectivity index (χ1n) is 9.52. The van der Waals surface area contributed by atoms with Crippen molar-refractivity contribution in [1.82, 2.24) is 10.2 Å². The number of benzene rings is 2. The van der Waals surface area contributed by atoms with E-state index >= 15 is 0 Å². The first-order valence-corrected chi connectivity index (χ1v) is 9.92. The molecule has 7 heteroatoms. The number of thiocarbonyl (C=S) groups is 1. The fourth-order valence-corrected chi connectivity index (χ4v) is 4.64. The number of carbonyl (C=O) groups excluding carboxylic acids is 1. The molecule has 1 fully saturated rings. The van der Waals surface area contributed by atoms with Gasteiger partial charge in [-0.1, -0.05) is 17.7 Å². The van der Waals surface area contributed by atoms with Gasteiger partial charge in [0, 0.05) is 25.3 Å². The fourth-order valence-electron chi connectivity index (χ4n) is 4.23. The van der Waals surface area contributed by atoms with E-state index in [0.717, 1.165) is 16.8 Å². The van der Waals surface area contributed by atoms with Gasteiger partial charge >= 0.3 is 0 Å². The highest BCUT2D eigenvalue weighted by molar-refractivity contribution is 7.80. The summed E-state index contributed by atoms with van der Waals surface area (Å²) in [6, 6.07) is 13.4. The van der Waals surface area contributed by atoms with Gasteiger partial charge in [0.2, 0.25) is 5.91 Å². The summed E-state index contributed by atoms with van der Waals surface area (Å²) in [4.78, 5) is 16.8. The van der Waals surface area contributed by atoms with Crippen molar-refractivity contribution in [3.05, 3.63) is 53.6 Å². The van der Waals surface area contributed by atoms with E-state index in [0.29, 0.717) is 16.6 Å². The largest absolute Gasteiger partial charge is 0.497 e. The van der Waals surface area contributed by atoms with Crippen molar-refractivity contribution in [3.8, 4) is 11.5 Å². The number of ether oxygens (including phenoxy) is 2. The summed E-state index contributed by atoms with van der Waals surface area (Å²) in [5.41, 5.74) is 1.91. The van der Waals surface area contributed by atoms with Crippen LogP contribution < -0.4 is 19.7 Å². The lowest BCUT2D eigenvalue weighted by Crippen LogP contribution is -2.72. The third-order valence-corrected chi connectivity index (χ3v) is 6.00. The molecule has 0 saturated carbocycles. The molecule has 2 heterocycles. The molecule has 4 rings (SSSR count). The highest BCUT2D eigenvalue weighted by Gasteiger charge is 2.59. The molecule has 1 N–H and O–H groups in total. The second kappa shape index (κ2) is 6.91. The summed E-state index contributed by atoms with van der Waals surface area (Å²) in [6.07, 6.45) is 0. The maximum atomic E-state index is 13.3. The van der Waals surface area contributed by atoms with E-state index in [1.54, 1.807) is 26.1 Å². The Bertz CT molecular complexity index is 976. The summed E-state index contributed by atoms with van der Waals surface area (Å²) in [7, 11) is 5.14. The predicted molar refractivity (Wildman–Crippen MR) is 116 cm³/mol. The van der Waals surface area contributed by atoms with Gasteiger partial charge in [-0.15, -0.1) is 0 Å². The predicted octanol–water partition coefficient (Wildman–Crippen LogP) is 3.25. The number of aryl methyl sites for hydroxylation is 1. The summed E-state index contributed by atoms with van der Waals surface area (Å²) in [5.74, 6) is 0.886. The Morgan fingerprint density at radius 2 is 1.93 bits per heavy atom. The molecular formula is C22H25N3O3S. The van der Waals surface area contributed by atoms with Crippen LogP contribution in [0.25, 0.3) is 0 Å². The van der Waals surface area contributed by atoms with Crippen LogP contribution in [0, 0.1) is 12.8 Å². The molecule has 0 radical (unpaired) electrons. The van der Waals surface area contributed by atoms with Crippen LogP contribution in [0.3, 0.4) is 0 Å². The van der Waals surface area contributed by atoms with Crippen LogP contribution in [0.4, 0.5) is 5.69 Å². The number of nitrogens with one attached hydrogen (secondary N) is 1. The molecule has 0 aliphatic carbocycles.